The molecule has 0 aliphatic carbocycles. The van der Waals surface area contributed by atoms with Gasteiger partial charge in [-0.3, -0.25) is 4.68 Å². The first-order valence-electron chi connectivity index (χ1n) is 4.99. The first-order valence-corrected chi connectivity index (χ1v) is 4.99. The molecule has 0 fully saturated rings. The predicted octanol–water partition coefficient (Wildman–Crippen LogP) is 1.42. The monoisotopic (exact) mass is 223 g/mol. The van der Waals surface area contributed by atoms with Gasteiger partial charge in [-0.2, -0.15) is 15.6 Å². The minimum atomic E-state index is 0.185. The van der Waals surface area contributed by atoms with Gasteiger partial charge in [-0.05, 0) is 6.07 Å². The van der Waals surface area contributed by atoms with Crippen LogP contribution in [0.3, 0.4) is 0 Å². The Hall–Kier alpha value is -2.66. The van der Waals surface area contributed by atoms with Crippen LogP contribution in [-0.2, 0) is 13.5 Å². The van der Waals surface area contributed by atoms with Crippen LogP contribution in [0.1, 0.15) is 11.3 Å². The van der Waals surface area contributed by atoms with Gasteiger partial charge in [0.2, 0.25) is 0 Å². The third-order valence-electron chi connectivity index (χ3n) is 2.38. The third kappa shape index (κ3) is 2.14. The molecule has 0 saturated carbocycles. The van der Waals surface area contributed by atoms with Crippen LogP contribution in [0, 0.1) is 22.7 Å². The molecule has 0 amide bonds. The maximum absolute atomic E-state index is 8.87. The summed E-state index contributed by atoms with van der Waals surface area (Å²) in [7, 11) is 1.83. The summed E-state index contributed by atoms with van der Waals surface area (Å²) in [4.78, 5) is 4.05. The molecule has 0 unspecified atom stereocenters. The SMILES string of the molecule is Cn1cc(-c2cnc(C#N)c(CC#N)c2)cn1. The zero-order valence-electron chi connectivity index (χ0n) is 9.25. The van der Waals surface area contributed by atoms with Gasteiger partial charge in [0, 0.05) is 36.1 Å². The first kappa shape index (κ1) is 10.8. The molecule has 5 nitrogen and oxygen atoms in total. The van der Waals surface area contributed by atoms with Gasteiger partial charge in [0.1, 0.15) is 11.8 Å². The molecule has 17 heavy (non-hydrogen) atoms. The zero-order chi connectivity index (χ0) is 12.3. The van der Waals surface area contributed by atoms with E-state index in [1.54, 1.807) is 17.1 Å². The number of aromatic nitrogens is 3. The number of nitriles is 2. The molecule has 0 N–H and O–H groups in total. The standard InChI is InChI=1S/C12H9N5/c1-17-8-11(7-16-17)10-4-9(2-3-13)12(5-14)15-6-10/h4,6-8H,2H2,1H3. The Morgan fingerprint density at radius 2 is 2.12 bits per heavy atom. The second kappa shape index (κ2) is 4.46. The average Bonchev–Trinajstić information content (AvgIpc) is 2.76. The lowest BCUT2D eigenvalue weighted by Crippen LogP contribution is -1.93. The van der Waals surface area contributed by atoms with Crippen molar-refractivity contribution in [3.63, 3.8) is 0 Å². The minimum Gasteiger partial charge on any atom is -0.275 e. The molecule has 0 aliphatic rings. The van der Waals surface area contributed by atoms with Crippen molar-refractivity contribution in [3.05, 3.63) is 35.9 Å². The highest BCUT2D eigenvalue weighted by molar-refractivity contribution is 5.62. The van der Waals surface area contributed by atoms with E-state index in [4.69, 9.17) is 10.5 Å². The zero-order valence-corrected chi connectivity index (χ0v) is 9.25. The molecule has 2 aromatic rings. The Labute approximate surface area is 98.6 Å². The normalized spacial score (nSPS) is 9.59. The van der Waals surface area contributed by atoms with Gasteiger partial charge in [-0.15, -0.1) is 0 Å². The van der Waals surface area contributed by atoms with Crippen LogP contribution in [0.25, 0.3) is 11.1 Å². The van der Waals surface area contributed by atoms with Gasteiger partial charge in [0.25, 0.3) is 0 Å². The van der Waals surface area contributed by atoms with Crippen LogP contribution in [-0.4, -0.2) is 14.8 Å². The van der Waals surface area contributed by atoms with Gasteiger partial charge in [0.05, 0.1) is 18.7 Å². The van der Waals surface area contributed by atoms with E-state index < -0.39 is 0 Å². The van der Waals surface area contributed by atoms with Crippen molar-refractivity contribution in [1.29, 1.82) is 10.5 Å². The number of hydrogen-bond acceptors (Lipinski definition) is 4. The summed E-state index contributed by atoms with van der Waals surface area (Å²) in [6.45, 7) is 0. The summed E-state index contributed by atoms with van der Waals surface area (Å²) < 4.78 is 1.69. The Morgan fingerprint density at radius 3 is 2.71 bits per heavy atom. The molecule has 0 radical (unpaired) electrons. The number of aryl methyl sites for hydroxylation is 1. The number of rotatable bonds is 2. The van der Waals surface area contributed by atoms with E-state index in [2.05, 4.69) is 10.1 Å². The van der Waals surface area contributed by atoms with Crippen LogP contribution < -0.4 is 0 Å². The van der Waals surface area contributed by atoms with E-state index in [1.165, 1.54) is 0 Å². The van der Waals surface area contributed by atoms with E-state index in [0.717, 1.165) is 11.1 Å². The van der Waals surface area contributed by atoms with E-state index in [9.17, 15) is 0 Å². The van der Waals surface area contributed by atoms with Crippen LogP contribution >= 0.6 is 0 Å². The molecule has 0 aromatic carbocycles. The van der Waals surface area contributed by atoms with E-state index in [1.807, 2.05) is 31.4 Å². The summed E-state index contributed by atoms with van der Waals surface area (Å²) in [5.74, 6) is 0. The molecular weight excluding hydrogens is 214 g/mol. The van der Waals surface area contributed by atoms with Crippen LogP contribution in [0.2, 0.25) is 0 Å². The molecule has 0 saturated heterocycles. The summed E-state index contributed by atoms with van der Waals surface area (Å²) in [5, 5.41) is 21.6. The largest absolute Gasteiger partial charge is 0.275 e. The van der Waals surface area contributed by atoms with Crippen LogP contribution in [0.5, 0.6) is 0 Å². The predicted molar refractivity (Wildman–Crippen MR) is 60.5 cm³/mol. The molecule has 0 spiro atoms. The molecule has 0 aliphatic heterocycles. The highest BCUT2D eigenvalue weighted by Gasteiger charge is 2.07. The van der Waals surface area contributed by atoms with Gasteiger partial charge in [0.15, 0.2) is 0 Å². The molecule has 5 heteroatoms. The Balaban J connectivity index is 2.48. The molecule has 0 bridgehead atoms. The lowest BCUT2D eigenvalue weighted by Gasteiger charge is -2.01. The lowest BCUT2D eigenvalue weighted by molar-refractivity contribution is 0.768. The smallest absolute Gasteiger partial charge is 0.144 e. The van der Waals surface area contributed by atoms with Crippen molar-refractivity contribution in [2.45, 2.75) is 6.42 Å². The number of hydrogen-bond donors (Lipinski definition) is 0. The topological polar surface area (TPSA) is 78.3 Å². The van der Waals surface area contributed by atoms with Gasteiger partial charge < -0.3 is 0 Å². The molecule has 2 aromatic heterocycles. The van der Waals surface area contributed by atoms with Crippen molar-refractivity contribution in [2.75, 3.05) is 0 Å². The fraction of sp³-hybridized carbons (Fsp3) is 0.167. The summed E-state index contributed by atoms with van der Waals surface area (Å²) in [6, 6.07) is 5.82. The quantitative estimate of drug-likeness (QED) is 0.771. The molecule has 0 atom stereocenters. The van der Waals surface area contributed by atoms with Gasteiger partial charge in [-0.25, -0.2) is 4.98 Å². The summed E-state index contributed by atoms with van der Waals surface area (Å²) in [5.41, 5.74) is 2.74. The van der Waals surface area contributed by atoms with Crippen molar-refractivity contribution >= 4 is 0 Å². The first-order chi connectivity index (χ1) is 8.24. The maximum atomic E-state index is 8.87. The lowest BCUT2D eigenvalue weighted by atomic mass is 10.1. The fourth-order valence-electron chi connectivity index (χ4n) is 1.56. The Morgan fingerprint density at radius 1 is 1.29 bits per heavy atom. The highest BCUT2D eigenvalue weighted by atomic mass is 15.2. The average molecular weight is 223 g/mol. The molecule has 82 valence electrons. The molecule has 2 rings (SSSR count). The second-order valence-electron chi connectivity index (χ2n) is 3.58. The summed E-state index contributed by atoms with van der Waals surface area (Å²) in [6.07, 6.45) is 5.39. The summed E-state index contributed by atoms with van der Waals surface area (Å²) >= 11 is 0. The van der Waals surface area contributed by atoms with Crippen molar-refractivity contribution in [2.24, 2.45) is 7.05 Å². The fourth-order valence-corrected chi connectivity index (χ4v) is 1.56. The Bertz CT molecular complexity index is 627. The third-order valence-corrected chi connectivity index (χ3v) is 2.38. The number of pyridine rings is 1. The van der Waals surface area contributed by atoms with Crippen LogP contribution in [0.4, 0.5) is 0 Å². The molecular formula is C12H9N5. The minimum absolute atomic E-state index is 0.185. The van der Waals surface area contributed by atoms with Crippen LogP contribution in [0.15, 0.2) is 24.7 Å². The van der Waals surface area contributed by atoms with Gasteiger partial charge in [-0.1, -0.05) is 0 Å². The van der Waals surface area contributed by atoms with E-state index in [-0.39, 0.29) is 6.42 Å². The van der Waals surface area contributed by atoms with Crippen molar-refractivity contribution < 1.29 is 0 Å². The highest BCUT2D eigenvalue weighted by Crippen LogP contribution is 2.20. The van der Waals surface area contributed by atoms with Crippen molar-refractivity contribution in [1.82, 2.24) is 14.8 Å². The maximum Gasteiger partial charge on any atom is 0.144 e. The Kier molecular flexibility index (Phi) is 2.85. The number of nitrogens with zero attached hydrogens (tertiary/aromatic N) is 5. The van der Waals surface area contributed by atoms with Gasteiger partial charge >= 0.3 is 0 Å². The van der Waals surface area contributed by atoms with E-state index in [0.29, 0.717) is 11.3 Å². The molecule has 2 heterocycles. The van der Waals surface area contributed by atoms with Crippen molar-refractivity contribution in [3.8, 4) is 23.3 Å². The second-order valence-corrected chi connectivity index (χ2v) is 3.58. The van der Waals surface area contributed by atoms with E-state index >= 15 is 0 Å².